The van der Waals surface area contributed by atoms with E-state index in [-0.39, 0.29) is 11.8 Å². The number of hydrogen-bond donors (Lipinski definition) is 0. The van der Waals surface area contributed by atoms with Crippen LogP contribution >= 0.6 is 0 Å². The Morgan fingerprint density at radius 2 is 1.55 bits per heavy atom. The SMILES string of the molecule is CC(=O)c1ccc(C2(C(=O)OC(C)(C)C)CCCCC2)cc1. The lowest BCUT2D eigenvalue weighted by molar-refractivity contribution is -0.163. The Kier molecular flexibility index (Phi) is 4.74. The molecular weight excluding hydrogens is 276 g/mol. The van der Waals surface area contributed by atoms with E-state index in [4.69, 9.17) is 4.74 Å². The first-order chi connectivity index (χ1) is 10.2. The number of ether oxygens (including phenoxy) is 1. The second-order valence-corrected chi connectivity index (χ2v) is 7.28. The zero-order valence-corrected chi connectivity index (χ0v) is 14.1. The van der Waals surface area contributed by atoms with Gasteiger partial charge in [0.1, 0.15) is 5.60 Å². The number of rotatable bonds is 3. The summed E-state index contributed by atoms with van der Waals surface area (Å²) in [5.74, 6) is -0.0863. The van der Waals surface area contributed by atoms with Crippen LogP contribution in [0.3, 0.4) is 0 Å². The summed E-state index contributed by atoms with van der Waals surface area (Å²) >= 11 is 0. The van der Waals surface area contributed by atoms with Gasteiger partial charge in [0.25, 0.3) is 0 Å². The molecule has 22 heavy (non-hydrogen) atoms. The molecular formula is C19H26O3. The maximum atomic E-state index is 12.9. The molecule has 0 amide bonds. The highest BCUT2D eigenvalue weighted by Crippen LogP contribution is 2.41. The molecule has 0 unspecified atom stereocenters. The summed E-state index contributed by atoms with van der Waals surface area (Å²) < 4.78 is 5.71. The molecule has 1 saturated carbocycles. The lowest BCUT2D eigenvalue weighted by atomic mass is 9.69. The van der Waals surface area contributed by atoms with Crippen molar-refractivity contribution in [3.05, 3.63) is 35.4 Å². The molecule has 0 bridgehead atoms. The van der Waals surface area contributed by atoms with Gasteiger partial charge in [0, 0.05) is 5.56 Å². The molecule has 120 valence electrons. The normalized spacial score (nSPS) is 17.8. The van der Waals surface area contributed by atoms with Gasteiger partial charge in [-0.25, -0.2) is 0 Å². The first-order valence-corrected chi connectivity index (χ1v) is 8.09. The minimum absolute atomic E-state index is 0.0431. The smallest absolute Gasteiger partial charge is 0.317 e. The molecule has 0 spiro atoms. The Bertz CT molecular complexity index is 543. The largest absolute Gasteiger partial charge is 0.459 e. The number of Topliss-reactive ketones (excluding diaryl/α,β-unsaturated/α-hetero) is 1. The molecule has 2 rings (SSSR count). The molecule has 0 aromatic heterocycles. The van der Waals surface area contributed by atoms with E-state index < -0.39 is 11.0 Å². The van der Waals surface area contributed by atoms with E-state index in [2.05, 4.69) is 0 Å². The van der Waals surface area contributed by atoms with E-state index in [9.17, 15) is 9.59 Å². The maximum Gasteiger partial charge on any atom is 0.317 e. The summed E-state index contributed by atoms with van der Waals surface area (Å²) in [6, 6.07) is 7.48. The maximum absolute atomic E-state index is 12.9. The Balaban J connectivity index is 2.36. The van der Waals surface area contributed by atoms with E-state index in [1.807, 2.05) is 45.0 Å². The molecule has 1 aromatic rings. The van der Waals surface area contributed by atoms with Crippen LogP contribution in [0.4, 0.5) is 0 Å². The van der Waals surface area contributed by atoms with E-state index in [0.717, 1.165) is 37.7 Å². The van der Waals surface area contributed by atoms with Crippen molar-refractivity contribution in [2.45, 2.75) is 70.8 Å². The zero-order valence-electron chi connectivity index (χ0n) is 14.1. The van der Waals surface area contributed by atoms with Crippen molar-refractivity contribution in [3.63, 3.8) is 0 Å². The van der Waals surface area contributed by atoms with Gasteiger partial charge >= 0.3 is 5.97 Å². The van der Waals surface area contributed by atoms with Crippen LogP contribution in [-0.2, 0) is 14.9 Å². The highest BCUT2D eigenvalue weighted by molar-refractivity contribution is 5.94. The molecule has 3 heteroatoms. The van der Waals surface area contributed by atoms with Crippen LogP contribution in [0.1, 0.15) is 75.7 Å². The Labute approximate surface area is 133 Å². The summed E-state index contributed by atoms with van der Waals surface area (Å²) in [6.45, 7) is 7.26. The average molecular weight is 302 g/mol. The Hall–Kier alpha value is -1.64. The van der Waals surface area contributed by atoms with Crippen LogP contribution < -0.4 is 0 Å². The highest BCUT2D eigenvalue weighted by atomic mass is 16.6. The van der Waals surface area contributed by atoms with Crippen LogP contribution in [0.2, 0.25) is 0 Å². The molecule has 0 N–H and O–H groups in total. The fourth-order valence-electron chi connectivity index (χ4n) is 3.17. The van der Waals surface area contributed by atoms with Crippen LogP contribution in [0.5, 0.6) is 0 Å². The predicted molar refractivity (Wildman–Crippen MR) is 87.1 cm³/mol. The molecule has 0 radical (unpaired) electrons. The monoisotopic (exact) mass is 302 g/mol. The van der Waals surface area contributed by atoms with E-state index in [1.54, 1.807) is 6.92 Å². The van der Waals surface area contributed by atoms with Crippen molar-refractivity contribution < 1.29 is 14.3 Å². The van der Waals surface area contributed by atoms with Gasteiger partial charge in [-0.2, -0.15) is 0 Å². The summed E-state index contributed by atoms with van der Waals surface area (Å²) in [5, 5.41) is 0. The van der Waals surface area contributed by atoms with Gasteiger partial charge in [-0.15, -0.1) is 0 Å². The third kappa shape index (κ3) is 3.57. The van der Waals surface area contributed by atoms with Gasteiger partial charge in [-0.3, -0.25) is 9.59 Å². The second-order valence-electron chi connectivity index (χ2n) is 7.28. The molecule has 3 nitrogen and oxygen atoms in total. The number of ketones is 1. The van der Waals surface area contributed by atoms with Crippen molar-refractivity contribution in [3.8, 4) is 0 Å². The van der Waals surface area contributed by atoms with Gasteiger partial charge in [0.15, 0.2) is 5.78 Å². The Morgan fingerprint density at radius 3 is 2.00 bits per heavy atom. The fraction of sp³-hybridized carbons (Fsp3) is 0.579. The summed E-state index contributed by atoms with van der Waals surface area (Å²) in [7, 11) is 0. The minimum Gasteiger partial charge on any atom is -0.459 e. The molecule has 0 heterocycles. The van der Waals surface area contributed by atoms with Crippen molar-refractivity contribution in [1.82, 2.24) is 0 Å². The first-order valence-electron chi connectivity index (χ1n) is 8.09. The van der Waals surface area contributed by atoms with Crippen LogP contribution in [-0.4, -0.2) is 17.4 Å². The molecule has 0 aliphatic heterocycles. The molecule has 1 aliphatic rings. The predicted octanol–water partition coefficient (Wildman–Crippen LogP) is 4.43. The summed E-state index contributed by atoms with van der Waals surface area (Å²) in [5.41, 5.74) is 0.618. The lowest BCUT2D eigenvalue weighted by Crippen LogP contribution is -2.42. The Morgan fingerprint density at radius 1 is 1.00 bits per heavy atom. The number of benzene rings is 1. The third-order valence-corrected chi connectivity index (χ3v) is 4.34. The van der Waals surface area contributed by atoms with Gasteiger partial charge in [0.2, 0.25) is 0 Å². The van der Waals surface area contributed by atoms with Gasteiger partial charge < -0.3 is 4.74 Å². The lowest BCUT2D eigenvalue weighted by Gasteiger charge is -2.37. The molecule has 1 aromatic carbocycles. The van der Waals surface area contributed by atoms with E-state index >= 15 is 0 Å². The van der Waals surface area contributed by atoms with E-state index in [0.29, 0.717) is 5.56 Å². The van der Waals surface area contributed by atoms with Crippen LogP contribution in [0.15, 0.2) is 24.3 Å². The van der Waals surface area contributed by atoms with Gasteiger partial charge in [-0.1, -0.05) is 43.5 Å². The molecule has 1 fully saturated rings. The standard InChI is InChI=1S/C19H26O3/c1-14(20)15-8-10-16(11-9-15)19(12-6-5-7-13-19)17(21)22-18(2,3)4/h8-11H,5-7,12-13H2,1-4H3. The molecule has 0 atom stereocenters. The first kappa shape index (κ1) is 16.7. The number of carbonyl (C=O) groups is 2. The van der Waals surface area contributed by atoms with Crippen molar-refractivity contribution in [1.29, 1.82) is 0 Å². The number of esters is 1. The summed E-state index contributed by atoms with van der Waals surface area (Å²) in [4.78, 5) is 24.3. The van der Waals surface area contributed by atoms with Crippen LogP contribution in [0.25, 0.3) is 0 Å². The van der Waals surface area contributed by atoms with Gasteiger partial charge in [-0.05, 0) is 46.1 Å². The summed E-state index contributed by atoms with van der Waals surface area (Å²) in [6.07, 6.45) is 4.88. The van der Waals surface area contributed by atoms with Crippen molar-refractivity contribution in [2.24, 2.45) is 0 Å². The molecule has 1 aliphatic carbocycles. The number of hydrogen-bond acceptors (Lipinski definition) is 3. The van der Waals surface area contributed by atoms with Gasteiger partial charge in [0.05, 0.1) is 5.41 Å². The second kappa shape index (κ2) is 6.23. The fourth-order valence-corrected chi connectivity index (χ4v) is 3.17. The van der Waals surface area contributed by atoms with Crippen LogP contribution in [0, 0.1) is 0 Å². The quantitative estimate of drug-likeness (QED) is 0.612. The third-order valence-electron chi connectivity index (χ3n) is 4.34. The average Bonchev–Trinajstić information content (AvgIpc) is 2.46. The van der Waals surface area contributed by atoms with Crippen molar-refractivity contribution in [2.75, 3.05) is 0 Å². The minimum atomic E-state index is -0.555. The zero-order chi connectivity index (χ0) is 16.4. The molecule has 0 saturated heterocycles. The highest BCUT2D eigenvalue weighted by Gasteiger charge is 2.43. The topological polar surface area (TPSA) is 43.4 Å². The number of carbonyl (C=O) groups excluding carboxylic acids is 2. The van der Waals surface area contributed by atoms with E-state index in [1.165, 1.54) is 0 Å². The van der Waals surface area contributed by atoms with Crippen molar-refractivity contribution >= 4 is 11.8 Å².